The molecule has 0 bridgehead atoms. The molecule has 1 aromatic rings. The van der Waals surface area contributed by atoms with E-state index in [1.165, 1.54) is 5.56 Å². The Morgan fingerprint density at radius 2 is 1.93 bits per heavy atom. The van der Waals surface area contributed by atoms with Crippen LogP contribution in [0.4, 0.5) is 0 Å². The van der Waals surface area contributed by atoms with E-state index in [2.05, 4.69) is 19.9 Å². The first-order chi connectivity index (χ1) is 7.16. The lowest BCUT2D eigenvalue weighted by Gasteiger charge is -2.18. The lowest BCUT2D eigenvalue weighted by atomic mass is 9.97. The van der Waals surface area contributed by atoms with Crippen molar-refractivity contribution in [2.24, 2.45) is 0 Å². The maximum absolute atomic E-state index is 6.11. The van der Waals surface area contributed by atoms with Crippen molar-refractivity contribution in [1.29, 1.82) is 0 Å². The molecule has 1 nitrogen and oxygen atoms in total. The van der Waals surface area contributed by atoms with Gasteiger partial charge in [-0.25, -0.2) is 0 Å². The second-order valence-electron chi connectivity index (χ2n) is 3.85. The fraction of sp³-hybridized carbons (Fsp3) is 0.538. The fourth-order valence-corrected chi connectivity index (χ4v) is 1.58. The average molecular weight is 227 g/mol. The Morgan fingerprint density at radius 1 is 1.27 bits per heavy atom. The number of hydrogen-bond acceptors (Lipinski definition) is 1. The summed E-state index contributed by atoms with van der Waals surface area (Å²) in [5.41, 5.74) is 1.20. The minimum atomic E-state index is 0.122. The van der Waals surface area contributed by atoms with Crippen molar-refractivity contribution >= 4 is 11.6 Å². The SMILES string of the molecule is CCCOc1ccccc1C(C)C(C)Cl. The quantitative estimate of drug-likeness (QED) is 0.684. The number of benzene rings is 1. The van der Waals surface area contributed by atoms with Crippen LogP contribution in [0.5, 0.6) is 5.75 Å². The van der Waals surface area contributed by atoms with E-state index >= 15 is 0 Å². The van der Waals surface area contributed by atoms with Crippen molar-refractivity contribution in [2.75, 3.05) is 6.61 Å². The predicted molar refractivity (Wildman–Crippen MR) is 66.0 cm³/mol. The summed E-state index contributed by atoms with van der Waals surface area (Å²) in [4.78, 5) is 0. The van der Waals surface area contributed by atoms with E-state index in [9.17, 15) is 0 Å². The first-order valence-electron chi connectivity index (χ1n) is 5.52. The first kappa shape index (κ1) is 12.4. The summed E-state index contributed by atoms with van der Waals surface area (Å²) in [6, 6.07) is 8.14. The molecule has 0 spiro atoms. The van der Waals surface area contributed by atoms with Crippen LogP contribution in [0.1, 0.15) is 38.7 Å². The number of para-hydroxylation sites is 1. The number of alkyl halides is 1. The normalized spacial score (nSPS) is 14.7. The number of rotatable bonds is 5. The number of ether oxygens (including phenoxy) is 1. The standard InChI is InChI=1S/C13H19ClO/c1-4-9-15-13-8-6-5-7-12(13)10(2)11(3)14/h5-8,10-11H,4,9H2,1-3H3. The molecule has 0 radical (unpaired) electrons. The second-order valence-corrected chi connectivity index (χ2v) is 4.54. The van der Waals surface area contributed by atoms with Gasteiger partial charge in [-0.3, -0.25) is 0 Å². The van der Waals surface area contributed by atoms with E-state index in [0.29, 0.717) is 5.92 Å². The van der Waals surface area contributed by atoms with Crippen LogP contribution in [0.15, 0.2) is 24.3 Å². The summed E-state index contributed by atoms with van der Waals surface area (Å²) in [7, 11) is 0. The van der Waals surface area contributed by atoms with Gasteiger partial charge in [-0.15, -0.1) is 11.6 Å². The van der Waals surface area contributed by atoms with Gasteiger partial charge in [0.05, 0.1) is 6.61 Å². The molecule has 2 atom stereocenters. The van der Waals surface area contributed by atoms with Gasteiger partial charge in [0.1, 0.15) is 5.75 Å². The van der Waals surface area contributed by atoms with Crippen LogP contribution in [0.3, 0.4) is 0 Å². The van der Waals surface area contributed by atoms with E-state index < -0.39 is 0 Å². The molecule has 0 fully saturated rings. The van der Waals surface area contributed by atoms with Crippen molar-refractivity contribution in [3.63, 3.8) is 0 Å². The van der Waals surface area contributed by atoms with Crippen molar-refractivity contribution in [2.45, 2.75) is 38.5 Å². The molecule has 84 valence electrons. The van der Waals surface area contributed by atoms with E-state index in [1.54, 1.807) is 0 Å². The zero-order valence-corrected chi connectivity index (χ0v) is 10.4. The molecule has 2 heteroatoms. The Kier molecular flexibility index (Phi) is 4.97. The highest BCUT2D eigenvalue weighted by Crippen LogP contribution is 2.30. The zero-order chi connectivity index (χ0) is 11.3. The first-order valence-corrected chi connectivity index (χ1v) is 5.96. The van der Waals surface area contributed by atoms with Crippen molar-refractivity contribution in [1.82, 2.24) is 0 Å². The zero-order valence-electron chi connectivity index (χ0n) is 9.66. The molecule has 1 rings (SSSR count). The highest BCUT2D eigenvalue weighted by molar-refractivity contribution is 6.20. The molecular formula is C13H19ClO. The molecule has 2 unspecified atom stereocenters. The third-order valence-electron chi connectivity index (χ3n) is 2.56. The third-order valence-corrected chi connectivity index (χ3v) is 2.94. The van der Waals surface area contributed by atoms with Gasteiger partial charge in [-0.2, -0.15) is 0 Å². The molecule has 0 aliphatic carbocycles. The van der Waals surface area contributed by atoms with E-state index in [4.69, 9.17) is 16.3 Å². The molecule has 1 aromatic carbocycles. The van der Waals surface area contributed by atoms with Crippen molar-refractivity contribution in [3.05, 3.63) is 29.8 Å². The monoisotopic (exact) mass is 226 g/mol. The summed E-state index contributed by atoms with van der Waals surface area (Å²) in [5.74, 6) is 1.29. The van der Waals surface area contributed by atoms with Gasteiger partial charge in [-0.1, -0.05) is 32.0 Å². The van der Waals surface area contributed by atoms with Gasteiger partial charge in [0, 0.05) is 11.3 Å². The molecule has 0 aliphatic heterocycles. The molecule has 0 heterocycles. The molecule has 0 saturated carbocycles. The lowest BCUT2D eigenvalue weighted by molar-refractivity contribution is 0.312. The molecule has 0 aromatic heterocycles. The van der Waals surface area contributed by atoms with Crippen LogP contribution < -0.4 is 4.74 Å². The van der Waals surface area contributed by atoms with Gasteiger partial charge in [0.25, 0.3) is 0 Å². The maximum atomic E-state index is 6.11. The summed E-state index contributed by atoms with van der Waals surface area (Å²) in [6.45, 7) is 7.02. The van der Waals surface area contributed by atoms with Crippen LogP contribution >= 0.6 is 11.6 Å². The topological polar surface area (TPSA) is 9.23 Å². The lowest BCUT2D eigenvalue weighted by Crippen LogP contribution is -2.08. The van der Waals surface area contributed by atoms with Crippen molar-refractivity contribution in [3.8, 4) is 5.75 Å². The Morgan fingerprint density at radius 3 is 2.53 bits per heavy atom. The molecule has 0 saturated heterocycles. The number of halogens is 1. The summed E-state index contributed by atoms with van der Waals surface area (Å²) in [6.07, 6.45) is 1.03. The Hall–Kier alpha value is -0.690. The summed E-state index contributed by atoms with van der Waals surface area (Å²) < 4.78 is 5.70. The minimum Gasteiger partial charge on any atom is -0.493 e. The smallest absolute Gasteiger partial charge is 0.122 e. The molecule has 0 aliphatic rings. The van der Waals surface area contributed by atoms with Crippen LogP contribution in [0.2, 0.25) is 0 Å². The predicted octanol–water partition coefficient (Wildman–Crippen LogP) is 4.21. The Bertz CT molecular complexity index is 296. The molecule has 0 N–H and O–H groups in total. The largest absolute Gasteiger partial charge is 0.493 e. The van der Waals surface area contributed by atoms with Crippen molar-refractivity contribution < 1.29 is 4.74 Å². The fourth-order valence-electron chi connectivity index (χ4n) is 1.45. The third kappa shape index (κ3) is 3.42. The van der Waals surface area contributed by atoms with E-state index in [1.807, 2.05) is 25.1 Å². The van der Waals surface area contributed by atoms with Gasteiger partial charge >= 0.3 is 0 Å². The highest BCUT2D eigenvalue weighted by atomic mass is 35.5. The second kappa shape index (κ2) is 6.02. The highest BCUT2D eigenvalue weighted by Gasteiger charge is 2.15. The van der Waals surface area contributed by atoms with Crippen LogP contribution in [-0.4, -0.2) is 12.0 Å². The van der Waals surface area contributed by atoms with Crippen LogP contribution in [-0.2, 0) is 0 Å². The maximum Gasteiger partial charge on any atom is 0.122 e. The summed E-state index contributed by atoms with van der Waals surface area (Å²) >= 11 is 6.11. The average Bonchev–Trinajstić information content (AvgIpc) is 2.25. The molecular weight excluding hydrogens is 208 g/mol. The van der Waals surface area contributed by atoms with Gasteiger partial charge in [0.2, 0.25) is 0 Å². The molecule has 0 amide bonds. The number of hydrogen-bond donors (Lipinski definition) is 0. The van der Waals surface area contributed by atoms with Crippen LogP contribution in [0.25, 0.3) is 0 Å². The van der Waals surface area contributed by atoms with E-state index in [0.717, 1.165) is 18.8 Å². The Balaban J connectivity index is 2.85. The van der Waals surface area contributed by atoms with E-state index in [-0.39, 0.29) is 5.38 Å². The minimum absolute atomic E-state index is 0.122. The summed E-state index contributed by atoms with van der Waals surface area (Å²) in [5, 5.41) is 0.122. The van der Waals surface area contributed by atoms with Crippen LogP contribution in [0, 0.1) is 0 Å². The molecule has 15 heavy (non-hydrogen) atoms. The van der Waals surface area contributed by atoms with Gasteiger partial charge < -0.3 is 4.74 Å². The van der Waals surface area contributed by atoms with Gasteiger partial charge in [0.15, 0.2) is 0 Å². The van der Waals surface area contributed by atoms with Gasteiger partial charge in [-0.05, 0) is 25.0 Å². The Labute approximate surface area is 97.4 Å².